The van der Waals surface area contributed by atoms with Crippen LogP contribution in [-0.4, -0.2) is 30.2 Å². The van der Waals surface area contributed by atoms with Crippen molar-refractivity contribution in [2.75, 3.05) is 19.5 Å². The summed E-state index contributed by atoms with van der Waals surface area (Å²) in [6.45, 7) is 0.0522. The van der Waals surface area contributed by atoms with Crippen LogP contribution in [0.4, 0.5) is 24.8 Å². The summed E-state index contributed by atoms with van der Waals surface area (Å²) in [5, 5.41) is 2.61. The number of hydrogen-bond donors (Lipinski definition) is 1. The first-order valence-corrected chi connectivity index (χ1v) is 10.8. The Balaban J connectivity index is 1.63. The maximum atomic E-state index is 14.2. The van der Waals surface area contributed by atoms with Crippen LogP contribution in [0.2, 0.25) is 0 Å². The number of anilines is 2. The van der Waals surface area contributed by atoms with Gasteiger partial charge in [0.15, 0.2) is 17.5 Å². The third-order valence-electron chi connectivity index (χ3n) is 5.49. The smallest absolute Gasteiger partial charge is 0.341 e. The molecule has 0 spiro atoms. The van der Waals surface area contributed by atoms with Gasteiger partial charge in [-0.25, -0.2) is 22.9 Å². The minimum Gasteiger partial charge on any atom is -0.503 e. The second-order valence-electron chi connectivity index (χ2n) is 7.68. The van der Waals surface area contributed by atoms with Crippen LogP contribution in [-0.2, 0) is 33.7 Å². The van der Waals surface area contributed by atoms with E-state index in [1.165, 1.54) is 20.5 Å². The van der Waals surface area contributed by atoms with Crippen molar-refractivity contribution in [3.8, 4) is 5.88 Å². The number of carbonyl (C=O) groups is 1. The van der Waals surface area contributed by atoms with Gasteiger partial charge in [-0.2, -0.15) is 4.98 Å². The number of ether oxygens (including phenoxy) is 3. The fourth-order valence-corrected chi connectivity index (χ4v) is 3.82. The maximum absolute atomic E-state index is 14.2. The molecule has 1 heterocycles. The van der Waals surface area contributed by atoms with E-state index in [-0.39, 0.29) is 29.7 Å². The Hall–Kier alpha value is -4.08. The summed E-state index contributed by atoms with van der Waals surface area (Å²) in [4.78, 5) is 21.0. The van der Waals surface area contributed by atoms with E-state index in [1.807, 2.05) is 0 Å². The van der Waals surface area contributed by atoms with Crippen LogP contribution >= 0.6 is 0 Å². The van der Waals surface area contributed by atoms with Gasteiger partial charge in [0, 0.05) is 5.56 Å². The molecule has 0 radical (unpaired) electrons. The normalized spacial score (nSPS) is 12.8. The first-order chi connectivity index (χ1) is 16.9. The van der Waals surface area contributed by atoms with Gasteiger partial charge >= 0.3 is 5.97 Å². The average molecular weight is 485 g/mol. The monoisotopic (exact) mass is 485 g/mol. The molecular formula is C25H22F3N3O4. The van der Waals surface area contributed by atoms with Crippen LogP contribution in [0.1, 0.15) is 28.8 Å². The molecule has 0 atom stereocenters. The van der Waals surface area contributed by atoms with Crippen molar-refractivity contribution in [2.45, 2.75) is 25.9 Å². The quantitative estimate of drug-likeness (QED) is 0.211. The Kier molecular flexibility index (Phi) is 7.19. The van der Waals surface area contributed by atoms with E-state index < -0.39 is 23.4 Å². The molecule has 2 aromatic carbocycles. The number of methoxy groups -OCH3 is 2. The number of nitrogens with zero attached hydrogens (tertiary/aromatic N) is 2. The summed E-state index contributed by atoms with van der Waals surface area (Å²) in [6, 6.07) is 8.98. The number of carbonyl (C=O) groups excluding carboxylic acids is 1. The van der Waals surface area contributed by atoms with Crippen LogP contribution in [0.25, 0.3) is 5.57 Å². The van der Waals surface area contributed by atoms with Gasteiger partial charge in [-0.05, 0) is 42.5 Å². The molecule has 4 rings (SSSR count). The lowest BCUT2D eigenvalue weighted by atomic mass is 10.0. The van der Waals surface area contributed by atoms with Crippen LogP contribution in [0.15, 0.2) is 42.7 Å². The summed E-state index contributed by atoms with van der Waals surface area (Å²) >= 11 is 0. The number of rotatable bonds is 8. The predicted octanol–water partition coefficient (Wildman–Crippen LogP) is 4.87. The van der Waals surface area contributed by atoms with E-state index in [0.717, 1.165) is 29.8 Å². The molecule has 0 aliphatic heterocycles. The fraction of sp³-hybridized carbons (Fsp3) is 0.240. The zero-order valence-corrected chi connectivity index (χ0v) is 19.0. The third-order valence-corrected chi connectivity index (χ3v) is 5.49. The lowest BCUT2D eigenvalue weighted by Gasteiger charge is -2.15. The second-order valence-corrected chi connectivity index (χ2v) is 7.68. The van der Waals surface area contributed by atoms with Crippen LogP contribution in [0.5, 0.6) is 5.88 Å². The topological polar surface area (TPSA) is 82.6 Å². The van der Waals surface area contributed by atoms with Gasteiger partial charge in [0.1, 0.15) is 12.2 Å². The molecule has 0 unspecified atom stereocenters. The van der Waals surface area contributed by atoms with Gasteiger partial charge in [-0.1, -0.05) is 24.3 Å². The predicted molar refractivity (Wildman–Crippen MR) is 121 cm³/mol. The van der Waals surface area contributed by atoms with Crippen molar-refractivity contribution in [3.63, 3.8) is 0 Å². The number of esters is 1. The van der Waals surface area contributed by atoms with Gasteiger partial charge in [0.25, 0.3) is 0 Å². The number of aromatic nitrogens is 2. The molecule has 0 saturated heterocycles. The van der Waals surface area contributed by atoms with Crippen molar-refractivity contribution in [1.82, 2.24) is 9.97 Å². The lowest BCUT2D eigenvalue weighted by Crippen LogP contribution is -2.10. The minimum atomic E-state index is -1.59. The van der Waals surface area contributed by atoms with E-state index in [4.69, 9.17) is 14.2 Å². The average Bonchev–Trinajstić information content (AvgIpc) is 3.35. The van der Waals surface area contributed by atoms with Crippen molar-refractivity contribution >= 4 is 23.2 Å². The summed E-state index contributed by atoms with van der Waals surface area (Å²) in [7, 11) is 2.70. The Bertz CT molecular complexity index is 1300. The number of aryl methyl sites for hydroxylation is 1. The number of halogens is 3. The van der Waals surface area contributed by atoms with E-state index in [9.17, 15) is 18.0 Å². The minimum absolute atomic E-state index is 0.00614. The van der Waals surface area contributed by atoms with Crippen molar-refractivity contribution in [3.05, 3.63) is 82.5 Å². The highest BCUT2D eigenvalue weighted by Crippen LogP contribution is 2.32. The molecule has 182 valence electrons. The molecule has 1 aliphatic rings. The van der Waals surface area contributed by atoms with Gasteiger partial charge in [0.05, 0.1) is 31.9 Å². The SMILES string of the molecule is CO/C=C(/C(=O)OC)c1ccccc1COc1nc(Nc2ccc(F)c(F)c2F)nc2c1CCC2. The second kappa shape index (κ2) is 10.5. The molecule has 0 bridgehead atoms. The van der Waals surface area contributed by atoms with Crippen molar-refractivity contribution in [1.29, 1.82) is 0 Å². The number of benzene rings is 2. The Labute approximate surface area is 199 Å². The Morgan fingerprint density at radius 3 is 2.63 bits per heavy atom. The van der Waals surface area contributed by atoms with E-state index in [0.29, 0.717) is 24.0 Å². The highest BCUT2D eigenvalue weighted by Gasteiger charge is 2.23. The van der Waals surface area contributed by atoms with Crippen molar-refractivity contribution < 1.29 is 32.2 Å². The first-order valence-electron chi connectivity index (χ1n) is 10.8. The maximum Gasteiger partial charge on any atom is 0.341 e. The van der Waals surface area contributed by atoms with Gasteiger partial charge in [0.2, 0.25) is 11.8 Å². The Morgan fingerprint density at radius 2 is 1.86 bits per heavy atom. The molecule has 1 N–H and O–H groups in total. The molecule has 0 fully saturated rings. The van der Waals surface area contributed by atoms with Crippen LogP contribution < -0.4 is 10.1 Å². The molecule has 1 aromatic heterocycles. The number of nitrogens with one attached hydrogen (secondary N) is 1. The highest BCUT2D eigenvalue weighted by molar-refractivity contribution is 6.16. The molecular weight excluding hydrogens is 463 g/mol. The summed E-state index contributed by atoms with van der Waals surface area (Å²) in [5.74, 6) is -4.54. The molecule has 10 heteroatoms. The summed E-state index contributed by atoms with van der Waals surface area (Å²) in [6.07, 6.45) is 3.50. The first kappa shape index (κ1) is 24.1. The number of hydrogen-bond acceptors (Lipinski definition) is 7. The largest absolute Gasteiger partial charge is 0.503 e. The number of fused-ring (bicyclic) bond motifs is 1. The summed E-state index contributed by atoms with van der Waals surface area (Å²) < 4.78 is 57.0. The summed E-state index contributed by atoms with van der Waals surface area (Å²) in [5.41, 5.74) is 2.70. The van der Waals surface area contributed by atoms with Gasteiger partial charge in [-0.15, -0.1) is 0 Å². The highest BCUT2D eigenvalue weighted by atomic mass is 19.2. The molecule has 0 saturated carbocycles. The molecule has 7 nitrogen and oxygen atoms in total. The van der Waals surface area contributed by atoms with Crippen LogP contribution in [0, 0.1) is 17.5 Å². The van der Waals surface area contributed by atoms with E-state index in [1.54, 1.807) is 24.3 Å². The lowest BCUT2D eigenvalue weighted by molar-refractivity contribution is -0.133. The molecule has 35 heavy (non-hydrogen) atoms. The molecule has 1 aliphatic carbocycles. The van der Waals surface area contributed by atoms with E-state index in [2.05, 4.69) is 15.3 Å². The van der Waals surface area contributed by atoms with Crippen molar-refractivity contribution in [2.24, 2.45) is 0 Å². The fourth-order valence-electron chi connectivity index (χ4n) is 3.82. The third kappa shape index (κ3) is 5.06. The zero-order valence-electron chi connectivity index (χ0n) is 19.0. The van der Waals surface area contributed by atoms with Gasteiger partial charge < -0.3 is 19.5 Å². The standard InChI is InChI=1S/C25H22F3N3O4/c1-33-13-17(24(32)34-2)15-7-4-3-6-14(15)12-35-23-16-8-5-9-19(16)29-25(31-23)30-20-11-10-18(26)21(27)22(20)28/h3-4,6-7,10-11,13H,5,8-9,12H2,1-2H3,(H,29,30,31)/b17-13+. The molecule has 0 amide bonds. The van der Waals surface area contributed by atoms with Crippen LogP contribution in [0.3, 0.4) is 0 Å². The zero-order chi connectivity index (χ0) is 24.9. The molecule has 3 aromatic rings. The Morgan fingerprint density at radius 1 is 1.06 bits per heavy atom. The van der Waals surface area contributed by atoms with Gasteiger partial charge in [-0.3, -0.25) is 0 Å². The van der Waals surface area contributed by atoms with E-state index >= 15 is 0 Å².